The van der Waals surface area contributed by atoms with Gasteiger partial charge in [-0.1, -0.05) is 19.1 Å². The number of allylic oxidation sites excluding steroid dienone is 2. The predicted molar refractivity (Wildman–Crippen MR) is 29.1 cm³/mol. The molecule has 0 atom stereocenters. The lowest BCUT2D eigenvalue weighted by molar-refractivity contribution is 1.38. The molecule has 0 nitrogen and oxygen atoms in total. The van der Waals surface area contributed by atoms with Gasteiger partial charge in [-0.2, -0.15) is 0 Å². The van der Waals surface area contributed by atoms with Gasteiger partial charge in [-0.25, -0.2) is 0 Å². The second kappa shape index (κ2) is 4.74. The highest BCUT2D eigenvalue weighted by molar-refractivity contribution is 4.91. The molecular formula is C6H10. The van der Waals surface area contributed by atoms with Gasteiger partial charge in [0.1, 0.15) is 0 Å². The van der Waals surface area contributed by atoms with Gasteiger partial charge in [-0.05, 0) is 19.8 Å². The molecule has 0 aliphatic carbocycles. The van der Waals surface area contributed by atoms with Crippen LogP contribution in [0.5, 0.6) is 0 Å². The Kier molecular flexibility index (Phi) is 4.53. The second-order valence-corrected chi connectivity index (χ2v) is 1.05. The van der Waals surface area contributed by atoms with Crippen LogP contribution >= 0.6 is 0 Å². The van der Waals surface area contributed by atoms with Crippen molar-refractivity contribution in [1.29, 1.82) is 0 Å². The van der Waals surface area contributed by atoms with Gasteiger partial charge in [0.05, 0.1) is 0 Å². The van der Waals surface area contributed by atoms with Crippen molar-refractivity contribution in [3.63, 3.8) is 0 Å². The lowest BCUT2D eigenvalue weighted by Crippen LogP contribution is -1.52. The Bertz CT molecular complexity index is 29.3. The Morgan fingerprint density at radius 1 is 1.67 bits per heavy atom. The van der Waals surface area contributed by atoms with Crippen molar-refractivity contribution in [3.8, 4) is 0 Å². The summed E-state index contributed by atoms with van der Waals surface area (Å²) in [6.07, 6.45) is 6.89. The first-order chi connectivity index (χ1) is 2.91. The Labute approximate surface area is 39.9 Å². The van der Waals surface area contributed by atoms with Crippen molar-refractivity contribution in [1.82, 2.24) is 0 Å². The highest BCUT2D eigenvalue weighted by Crippen LogP contribution is 1.79. The van der Waals surface area contributed by atoms with E-state index in [1.54, 1.807) is 0 Å². The van der Waals surface area contributed by atoms with E-state index in [2.05, 4.69) is 6.92 Å². The van der Waals surface area contributed by atoms with Crippen LogP contribution in [0.25, 0.3) is 0 Å². The van der Waals surface area contributed by atoms with Crippen molar-refractivity contribution >= 4 is 0 Å². The van der Waals surface area contributed by atoms with E-state index in [9.17, 15) is 0 Å². The second-order valence-electron chi connectivity index (χ2n) is 1.05. The van der Waals surface area contributed by atoms with Crippen LogP contribution < -0.4 is 0 Å². The summed E-state index contributed by atoms with van der Waals surface area (Å²) in [5.41, 5.74) is 0. The van der Waals surface area contributed by atoms with E-state index in [0.717, 1.165) is 6.42 Å². The first kappa shape index (κ1) is 5.74. The average molecular weight is 82.1 g/mol. The van der Waals surface area contributed by atoms with E-state index in [-0.39, 0.29) is 0 Å². The molecule has 0 aromatic carbocycles. The number of rotatable bonds is 2. The third kappa shape index (κ3) is 3.74. The lowest BCUT2D eigenvalue weighted by Gasteiger charge is -1.71. The van der Waals surface area contributed by atoms with E-state index in [0.29, 0.717) is 0 Å². The fraction of sp³-hybridized carbons (Fsp3) is 0.333. The van der Waals surface area contributed by atoms with Gasteiger partial charge in [0.2, 0.25) is 0 Å². The van der Waals surface area contributed by atoms with Crippen LogP contribution in [-0.4, -0.2) is 0 Å². The fourth-order valence-corrected chi connectivity index (χ4v) is 0.232. The number of hydrogen-bond acceptors (Lipinski definition) is 0. The molecule has 0 rings (SSSR count). The average Bonchev–Trinajstić information content (AvgIpc) is 1.61. The van der Waals surface area contributed by atoms with Crippen molar-refractivity contribution in [2.75, 3.05) is 0 Å². The summed E-state index contributed by atoms with van der Waals surface area (Å²) < 4.78 is 0. The first-order valence-electron chi connectivity index (χ1n) is 2.15. The molecule has 0 amide bonds. The molecule has 0 fully saturated rings. The van der Waals surface area contributed by atoms with Gasteiger partial charge < -0.3 is 0 Å². The normalized spacial score (nSPS) is 10.3. The molecular weight excluding hydrogens is 72.1 g/mol. The molecule has 6 heavy (non-hydrogen) atoms. The monoisotopic (exact) mass is 82.1 g/mol. The Hall–Kier alpha value is -0.260. The minimum atomic E-state index is 0.893. The summed E-state index contributed by atoms with van der Waals surface area (Å²) in [4.78, 5) is 0. The quantitative estimate of drug-likeness (QED) is 0.478. The predicted octanol–water partition coefficient (Wildman–Crippen LogP) is 1.99. The maximum absolute atomic E-state index is 3.62. The van der Waals surface area contributed by atoms with Crippen LogP contribution in [0.2, 0.25) is 0 Å². The Balaban J connectivity index is 2.73. The molecule has 0 aliphatic heterocycles. The van der Waals surface area contributed by atoms with Crippen LogP contribution in [0.15, 0.2) is 12.2 Å². The largest absolute Gasteiger partial charge is 0.0882 e. The number of hydrogen-bond donors (Lipinski definition) is 0. The van der Waals surface area contributed by atoms with Crippen LogP contribution in [0.1, 0.15) is 13.3 Å². The molecule has 2 radical (unpaired) electrons. The minimum Gasteiger partial charge on any atom is -0.0882 e. The van der Waals surface area contributed by atoms with Crippen molar-refractivity contribution in [2.24, 2.45) is 0 Å². The van der Waals surface area contributed by atoms with Crippen molar-refractivity contribution < 1.29 is 0 Å². The van der Waals surface area contributed by atoms with Crippen LogP contribution in [0.3, 0.4) is 0 Å². The third-order valence-corrected chi connectivity index (χ3v) is 0.495. The van der Waals surface area contributed by atoms with Crippen LogP contribution in [0.4, 0.5) is 0 Å². The smallest absolute Gasteiger partial charge is 0.0202 e. The van der Waals surface area contributed by atoms with Crippen molar-refractivity contribution in [2.45, 2.75) is 13.3 Å². The van der Waals surface area contributed by atoms with E-state index in [4.69, 9.17) is 0 Å². The molecule has 0 saturated carbocycles. The molecule has 0 aromatic heterocycles. The van der Waals surface area contributed by atoms with E-state index in [1.807, 2.05) is 25.5 Å². The molecule has 0 unspecified atom stereocenters. The van der Waals surface area contributed by atoms with Gasteiger partial charge in [-0.15, -0.1) is 0 Å². The van der Waals surface area contributed by atoms with Crippen LogP contribution in [-0.2, 0) is 0 Å². The molecule has 0 aliphatic rings. The zero-order valence-corrected chi connectivity index (χ0v) is 4.15. The van der Waals surface area contributed by atoms with E-state index >= 15 is 0 Å². The van der Waals surface area contributed by atoms with E-state index in [1.165, 1.54) is 0 Å². The van der Waals surface area contributed by atoms with E-state index < -0.39 is 0 Å². The maximum atomic E-state index is 3.62. The topological polar surface area (TPSA) is 0 Å². The third-order valence-electron chi connectivity index (χ3n) is 0.495. The lowest BCUT2D eigenvalue weighted by atomic mass is 10.4. The maximum Gasteiger partial charge on any atom is -0.0202 e. The highest BCUT2D eigenvalue weighted by atomic mass is 13.7. The zero-order valence-electron chi connectivity index (χ0n) is 4.15. The summed E-state index contributed by atoms with van der Waals surface area (Å²) in [6, 6.07) is 0. The summed E-state index contributed by atoms with van der Waals surface area (Å²) >= 11 is 0. The molecule has 0 heterocycles. The zero-order chi connectivity index (χ0) is 4.83. The summed E-state index contributed by atoms with van der Waals surface area (Å²) in [5, 5.41) is 0. The highest BCUT2D eigenvalue weighted by Gasteiger charge is 1.60. The molecule has 0 bridgehead atoms. The van der Waals surface area contributed by atoms with Gasteiger partial charge in [0.25, 0.3) is 0 Å². The Morgan fingerprint density at radius 3 is 2.50 bits per heavy atom. The van der Waals surface area contributed by atoms with Gasteiger partial charge in [0, 0.05) is 0 Å². The van der Waals surface area contributed by atoms with Gasteiger partial charge in [0.15, 0.2) is 0 Å². The molecule has 0 saturated heterocycles. The van der Waals surface area contributed by atoms with Crippen LogP contribution in [0, 0.1) is 13.3 Å². The molecule has 0 aromatic rings. The summed E-state index contributed by atoms with van der Waals surface area (Å²) in [5.74, 6) is 0. The fourth-order valence-electron chi connectivity index (χ4n) is 0.232. The molecule has 34 valence electrons. The first-order valence-corrected chi connectivity index (χ1v) is 2.15. The summed E-state index contributed by atoms with van der Waals surface area (Å²) in [7, 11) is 0. The van der Waals surface area contributed by atoms with Gasteiger partial charge in [-0.3, -0.25) is 0 Å². The molecule has 0 heteroatoms. The van der Waals surface area contributed by atoms with Crippen molar-refractivity contribution in [3.05, 3.63) is 25.5 Å². The molecule has 0 spiro atoms. The molecule has 0 N–H and O–H groups in total. The Morgan fingerprint density at radius 2 is 2.33 bits per heavy atom. The minimum absolute atomic E-state index is 0.893. The SMILES string of the molecule is [CH2]CC=C[CH]C. The standard InChI is InChI=1S/C6H10/c1-3-5-6-4-2/h4-6H,1,3H2,2H3. The summed E-state index contributed by atoms with van der Waals surface area (Å²) in [6.45, 7) is 5.61. The van der Waals surface area contributed by atoms with Gasteiger partial charge >= 0.3 is 0 Å².